The maximum atomic E-state index is 11.5. The van der Waals surface area contributed by atoms with E-state index in [1.54, 1.807) is 24.3 Å². The van der Waals surface area contributed by atoms with Crippen LogP contribution in [-0.2, 0) is 14.4 Å². The number of rotatable bonds is 8. The zero-order valence-electron chi connectivity index (χ0n) is 12.6. The van der Waals surface area contributed by atoms with Crippen LogP contribution in [0.4, 0.5) is 0 Å². The highest BCUT2D eigenvalue weighted by molar-refractivity contribution is 6.30. The third kappa shape index (κ3) is 7.13. The van der Waals surface area contributed by atoms with Crippen molar-refractivity contribution in [1.82, 2.24) is 10.4 Å². The Hall–Kier alpha value is -1.56. The highest BCUT2D eigenvalue weighted by atomic mass is 35.5. The van der Waals surface area contributed by atoms with Gasteiger partial charge in [-0.1, -0.05) is 30.3 Å². The van der Waals surface area contributed by atoms with Crippen LogP contribution in [0.1, 0.15) is 12.5 Å². The van der Waals surface area contributed by atoms with E-state index in [9.17, 15) is 4.79 Å². The summed E-state index contributed by atoms with van der Waals surface area (Å²) in [5.41, 5.74) is 3.98. The van der Waals surface area contributed by atoms with Crippen molar-refractivity contribution in [2.24, 2.45) is 0 Å². The van der Waals surface area contributed by atoms with Gasteiger partial charge in [0.1, 0.15) is 6.10 Å². The molecule has 0 spiro atoms. The first-order valence-corrected chi connectivity index (χ1v) is 6.93. The predicted octanol–water partition coefficient (Wildman–Crippen LogP) is 2.33. The maximum Gasteiger partial charge on any atom is 0.335 e. The summed E-state index contributed by atoms with van der Waals surface area (Å²) in [5.74, 6) is -0.430. The van der Waals surface area contributed by atoms with Crippen molar-refractivity contribution in [3.8, 4) is 0 Å². The monoisotopic (exact) mass is 312 g/mol. The fourth-order valence-corrected chi connectivity index (χ4v) is 1.83. The average Bonchev–Trinajstić information content (AvgIpc) is 2.38. The van der Waals surface area contributed by atoms with Gasteiger partial charge in [-0.05, 0) is 38.7 Å². The van der Waals surface area contributed by atoms with Crippen LogP contribution >= 0.6 is 11.6 Å². The molecule has 1 aromatic rings. The molecule has 0 radical (unpaired) electrons. The smallest absolute Gasteiger partial charge is 0.335 e. The molecule has 1 rings (SSSR count). The highest BCUT2D eigenvalue weighted by Gasteiger charge is 2.10. The molecule has 1 atom stereocenters. The SMILES string of the molecule is C=C(NOCC(=O)OC(C)CN(C)C)c1ccc(Cl)cc1. The number of likely N-dealkylation sites (N-methyl/N-ethyl adjacent to an activating group) is 1. The topological polar surface area (TPSA) is 50.8 Å². The molecule has 0 saturated carbocycles. The summed E-state index contributed by atoms with van der Waals surface area (Å²) in [5, 5.41) is 0.644. The van der Waals surface area contributed by atoms with Gasteiger partial charge in [0.05, 0.1) is 5.70 Å². The van der Waals surface area contributed by atoms with E-state index in [4.69, 9.17) is 21.2 Å². The van der Waals surface area contributed by atoms with Crippen LogP contribution in [0.15, 0.2) is 30.8 Å². The molecule has 21 heavy (non-hydrogen) atoms. The molecule has 1 aromatic carbocycles. The molecular weight excluding hydrogens is 292 g/mol. The molecule has 0 saturated heterocycles. The fraction of sp³-hybridized carbons (Fsp3) is 0.400. The molecule has 0 aromatic heterocycles. The van der Waals surface area contributed by atoms with Crippen LogP contribution in [0.3, 0.4) is 0 Å². The number of halogens is 1. The van der Waals surface area contributed by atoms with E-state index in [1.807, 2.05) is 25.9 Å². The van der Waals surface area contributed by atoms with E-state index in [0.717, 1.165) is 5.56 Å². The minimum atomic E-state index is -0.430. The van der Waals surface area contributed by atoms with Gasteiger partial charge in [-0.15, -0.1) is 0 Å². The van der Waals surface area contributed by atoms with Crippen LogP contribution in [0.5, 0.6) is 0 Å². The third-order valence-corrected chi connectivity index (χ3v) is 2.78. The Morgan fingerprint density at radius 2 is 2.00 bits per heavy atom. The Bertz CT molecular complexity index is 474. The van der Waals surface area contributed by atoms with Gasteiger partial charge in [-0.25, -0.2) is 4.79 Å². The molecule has 6 heteroatoms. The average molecular weight is 313 g/mol. The standard InChI is InChI=1S/C15H21ClN2O3/c1-11(9-18(3)4)21-15(19)10-20-17-12(2)13-5-7-14(16)8-6-13/h5-8,11,17H,2,9-10H2,1,3-4H3. The minimum Gasteiger partial charge on any atom is -0.460 e. The second-order valence-electron chi connectivity index (χ2n) is 4.94. The lowest BCUT2D eigenvalue weighted by Gasteiger charge is -2.17. The first kappa shape index (κ1) is 17.5. The van der Waals surface area contributed by atoms with E-state index < -0.39 is 5.97 Å². The summed E-state index contributed by atoms with van der Waals surface area (Å²) in [6, 6.07) is 7.11. The molecule has 5 nitrogen and oxygen atoms in total. The predicted molar refractivity (Wildman–Crippen MR) is 83.7 cm³/mol. The van der Waals surface area contributed by atoms with Gasteiger partial charge in [0.2, 0.25) is 0 Å². The number of hydrogen-bond acceptors (Lipinski definition) is 5. The highest BCUT2D eigenvalue weighted by Crippen LogP contribution is 2.14. The van der Waals surface area contributed by atoms with Gasteiger partial charge in [0, 0.05) is 11.6 Å². The first-order chi connectivity index (χ1) is 9.88. The Morgan fingerprint density at radius 3 is 2.57 bits per heavy atom. The molecular formula is C15H21ClN2O3. The normalized spacial score (nSPS) is 12.0. The summed E-state index contributed by atoms with van der Waals surface area (Å²) >= 11 is 5.80. The van der Waals surface area contributed by atoms with Gasteiger partial charge < -0.3 is 9.64 Å². The van der Waals surface area contributed by atoms with Gasteiger partial charge in [-0.2, -0.15) is 0 Å². The largest absolute Gasteiger partial charge is 0.460 e. The number of esters is 1. The van der Waals surface area contributed by atoms with Gasteiger partial charge >= 0.3 is 5.97 Å². The summed E-state index contributed by atoms with van der Waals surface area (Å²) in [6.07, 6.45) is -0.185. The zero-order chi connectivity index (χ0) is 15.8. The molecule has 116 valence electrons. The van der Waals surface area contributed by atoms with Crippen LogP contribution < -0.4 is 5.48 Å². The van der Waals surface area contributed by atoms with E-state index in [0.29, 0.717) is 17.3 Å². The molecule has 1 N–H and O–H groups in total. The molecule has 0 aliphatic rings. The van der Waals surface area contributed by atoms with Crippen LogP contribution in [-0.4, -0.2) is 44.2 Å². The first-order valence-electron chi connectivity index (χ1n) is 6.55. The molecule has 0 heterocycles. The van der Waals surface area contributed by atoms with Gasteiger partial charge in [0.15, 0.2) is 6.61 Å². The van der Waals surface area contributed by atoms with E-state index in [2.05, 4.69) is 12.1 Å². The van der Waals surface area contributed by atoms with Crippen LogP contribution in [0.25, 0.3) is 5.70 Å². The second kappa shape index (κ2) is 8.67. The van der Waals surface area contributed by atoms with Crippen LogP contribution in [0, 0.1) is 0 Å². The lowest BCUT2D eigenvalue weighted by molar-refractivity contribution is -0.155. The number of carbonyl (C=O) groups is 1. The Kier molecular flexibility index (Phi) is 7.22. The number of carbonyl (C=O) groups excluding carboxylic acids is 1. The minimum absolute atomic E-state index is 0.185. The molecule has 0 amide bonds. The quantitative estimate of drug-likeness (QED) is 0.590. The van der Waals surface area contributed by atoms with Crippen molar-refractivity contribution in [3.05, 3.63) is 41.4 Å². The van der Waals surface area contributed by atoms with Crippen LogP contribution in [0.2, 0.25) is 5.02 Å². The van der Waals surface area contributed by atoms with E-state index >= 15 is 0 Å². The Balaban J connectivity index is 2.28. The van der Waals surface area contributed by atoms with Crippen molar-refractivity contribution in [3.63, 3.8) is 0 Å². The lowest BCUT2D eigenvalue weighted by atomic mass is 10.2. The van der Waals surface area contributed by atoms with Crippen molar-refractivity contribution >= 4 is 23.3 Å². The third-order valence-electron chi connectivity index (χ3n) is 2.53. The van der Waals surface area contributed by atoms with Gasteiger partial charge in [-0.3, -0.25) is 10.3 Å². The number of nitrogens with zero attached hydrogens (tertiary/aromatic N) is 1. The number of hydrogen-bond donors (Lipinski definition) is 1. The maximum absolute atomic E-state index is 11.5. The molecule has 0 aliphatic carbocycles. The number of benzene rings is 1. The fourth-order valence-electron chi connectivity index (χ4n) is 1.70. The molecule has 1 unspecified atom stereocenters. The summed E-state index contributed by atoms with van der Waals surface area (Å²) in [6.45, 7) is 6.12. The summed E-state index contributed by atoms with van der Waals surface area (Å²) < 4.78 is 5.17. The summed E-state index contributed by atoms with van der Waals surface area (Å²) in [4.78, 5) is 18.6. The van der Waals surface area contributed by atoms with Crippen molar-refractivity contribution in [1.29, 1.82) is 0 Å². The lowest BCUT2D eigenvalue weighted by Crippen LogP contribution is -2.30. The molecule has 0 aliphatic heterocycles. The van der Waals surface area contributed by atoms with Crippen molar-refractivity contribution in [2.75, 3.05) is 27.2 Å². The summed E-state index contributed by atoms with van der Waals surface area (Å²) in [7, 11) is 3.83. The number of ether oxygens (including phenoxy) is 1. The Morgan fingerprint density at radius 1 is 1.38 bits per heavy atom. The Labute approximate surface area is 130 Å². The molecule has 0 bridgehead atoms. The number of hydroxylamine groups is 1. The van der Waals surface area contributed by atoms with E-state index in [1.165, 1.54) is 0 Å². The number of nitrogens with one attached hydrogen (secondary N) is 1. The zero-order valence-corrected chi connectivity index (χ0v) is 13.3. The van der Waals surface area contributed by atoms with Crippen molar-refractivity contribution < 1.29 is 14.4 Å². The van der Waals surface area contributed by atoms with E-state index in [-0.39, 0.29) is 12.7 Å². The van der Waals surface area contributed by atoms with Crippen molar-refractivity contribution in [2.45, 2.75) is 13.0 Å². The molecule has 0 fully saturated rings. The second-order valence-corrected chi connectivity index (χ2v) is 5.38. The van der Waals surface area contributed by atoms with Gasteiger partial charge in [0.25, 0.3) is 0 Å².